The number of oxazole rings is 1. The molecule has 2 aromatic heterocycles. The van der Waals surface area contributed by atoms with E-state index >= 15 is 0 Å². The Bertz CT molecular complexity index is 3050. The molecule has 0 amide bonds. The second-order valence-electron chi connectivity index (χ2n) is 13.0. The standard InChI is InChI=1S/C45H38N2O2/c1-7-29-23-25-31(28(4)41(29)33-15-13-20-38-43(33)49-44-46-36-18-9-10-19-37(36)47(38)44)30-24-22-26(2)40(27(30)3)32-14-12-17-35-42(32)48-39-21-11-8-16-34(39)45(35,5)6/h8-25H,7H2,1-6H3/i2D3,3D3,4D3,7D2. The highest BCUT2D eigenvalue weighted by atomic mass is 16.5. The van der Waals surface area contributed by atoms with E-state index in [1.807, 2.05) is 66.8 Å². The lowest BCUT2D eigenvalue weighted by Crippen LogP contribution is -2.24. The first kappa shape index (κ1) is 20.0. The Morgan fingerprint density at radius 1 is 0.694 bits per heavy atom. The normalized spacial score (nSPS) is 17.9. The molecule has 1 aliphatic heterocycles. The minimum Gasteiger partial charge on any atom is -0.456 e. The Hall–Kier alpha value is -5.61. The van der Waals surface area contributed by atoms with Crippen LogP contribution in [0.5, 0.6) is 11.5 Å². The third-order valence-corrected chi connectivity index (χ3v) is 9.93. The lowest BCUT2D eigenvalue weighted by atomic mass is 9.74. The van der Waals surface area contributed by atoms with E-state index in [4.69, 9.17) is 24.2 Å². The number of hydrogen-bond donors (Lipinski definition) is 0. The number of rotatable bonds is 4. The number of nitrogens with zero attached hydrogens (tertiary/aromatic N) is 2. The van der Waals surface area contributed by atoms with Crippen LogP contribution in [0, 0.1) is 20.6 Å². The topological polar surface area (TPSA) is 39.7 Å². The molecule has 0 aliphatic carbocycles. The molecule has 3 heterocycles. The summed E-state index contributed by atoms with van der Waals surface area (Å²) >= 11 is 0. The summed E-state index contributed by atoms with van der Waals surface area (Å²) in [5.74, 6) is 1.08. The van der Waals surface area contributed by atoms with Gasteiger partial charge in [0.1, 0.15) is 11.5 Å². The number of fused-ring (bicyclic) bond motifs is 7. The van der Waals surface area contributed by atoms with Crippen LogP contribution in [0.15, 0.2) is 114 Å². The zero-order chi connectivity index (χ0) is 42.9. The third-order valence-electron chi connectivity index (χ3n) is 9.93. The molecule has 0 fully saturated rings. The highest BCUT2D eigenvalue weighted by molar-refractivity contribution is 5.98. The molecule has 0 saturated carbocycles. The summed E-state index contributed by atoms with van der Waals surface area (Å²) in [6.07, 6.45) is -2.10. The van der Waals surface area contributed by atoms with Crippen LogP contribution in [0.25, 0.3) is 61.4 Å². The van der Waals surface area contributed by atoms with E-state index in [-0.39, 0.29) is 67.1 Å². The summed E-state index contributed by atoms with van der Waals surface area (Å²) in [4.78, 5) is 4.64. The molecule has 0 bridgehead atoms. The summed E-state index contributed by atoms with van der Waals surface area (Å²) in [6.45, 7) is -3.43. The predicted octanol–water partition coefficient (Wildman–Crippen LogP) is 12.2. The lowest BCUT2D eigenvalue weighted by Gasteiger charge is -2.35. The van der Waals surface area contributed by atoms with Crippen molar-refractivity contribution in [2.24, 2.45) is 0 Å². The zero-order valence-electron chi connectivity index (χ0n) is 38.1. The van der Waals surface area contributed by atoms with E-state index in [2.05, 4.69) is 4.98 Å². The SMILES string of the molecule is [2H]C([2H])([2H])c1ccc(-c2ccc(C([2H])([2H])C)c(-c3cccc4c3oc3nc5ccccc5n34)c2C([2H])([2H])[2H])c(C([2H])([2H])[2H])c1-c1cccc2c1Oc1ccccc1C2(C)C. The van der Waals surface area contributed by atoms with Crippen molar-refractivity contribution in [1.29, 1.82) is 0 Å². The van der Waals surface area contributed by atoms with E-state index in [0.29, 0.717) is 28.1 Å². The molecule has 240 valence electrons. The fourth-order valence-electron chi connectivity index (χ4n) is 7.49. The van der Waals surface area contributed by atoms with Crippen LogP contribution in [-0.2, 0) is 11.8 Å². The Morgan fingerprint density at radius 2 is 1.41 bits per heavy atom. The molecule has 0 radical (unpaired) electrons. The van der Waals surface area contributed by atoms with Gasteiger partial charge in [-0.25, -0.2) is 0 Å². The van der Waals surface area contributed by atoms with Crippen LogP contribution in [0.1, 0.15) is 69.2 Å². The maximum atomic E-state index is 9.08. The number of hydrogen-bond acceptors (Lipinski definition) is 3. The molecule has 0 N–H and O–H groups in total. The first-order valence-corrected chi connectivity index (χ1v) is 16.1. The Balaban J connectivity index is 1.40. The predicted molar refractivity (Wildman–Crippen MR) is 201 cm³/mol. The van der Waals surface area contributed by atoms with Crippen molar-refractivity contribution < 1.29 is 24.2 Å². The van der Waals surface area contributed by atoms with Crippen LogP contribution in [0.3, 0.4) is 0 Å². The average Bonchev–Trinajstić information content (AvgIpc) is 3.72. The summed E-state index contributed by atoms with van der Waals surface area (Å²) in [5, 5.41) is 0. The van der Waals surface area contributed by atoms with Crippen LogP contribution in [0.2, 0.25) is 0 Å². The van der Waals surface area contributed by atoms with Gasteiger partial charge in [-0.3, -0.25) is 4.40 Å². The maximum Gasteiger partial charge on any atom is 0.307 e. The summed E-state index contributed by atoms with van der Waals surface area (Å²) < 4.78 is 113. The first-order valence-electron chi connectivity index (χ1n) is 21.6. The van der Waals surface area contributed by atoms with Crippen molar-refractivity contribution in [2.75, 3.05) is 0 Å². The minimum absolute atomic E-state index is 0.00336. The van der Waals surface area contributed by atoms with Crippen molar-refractivity contribution in [3.8, 4) is 44.9 Å². The minimum atomic E-state index is -3.01. The number of ether oxygens (including phenoxy) is 1. The third kappa shape index (κ3) is 4.20. The Labute approximate surface area is 302 Å². The van der Waals surface area contributed by atoms with Gasteiger partial charge in [0, 0.05) is 42.7 Å². The molecule has 9 rings (SSSR count). The van der Waals surface area contributed by atoms with Crippen molar-refractivity contribution >= 4 is 28.0 Å². The number of aromatic nitrogens is 2. The van der Waals surface area contributed by atoms with E-state index < -0.39 is 32.3 Å². The first-order chi connectivity index (χ1) is 28.1. The van der Waals surface area contributed by atoms with Gasteiger partial charge in [-0.15, -0.1) is 0 Å². The van der Waals surface area contributed by atoms with Crippen molar-refractivity contribution in [3.63, 3.8) is 0 Å². The van der Waals surface area contributed by atoms with E-state index in [0.717, 1.165) is 11.1 Å². The summed E-state index contributed by atoms with van der Waals surface area (Å²) in [7, 11) is 0. The Morgan fingerprint density at radius 3 is 2.24 bits per heavy atom. The summed E-state index contributed by atoms with van der Waals surface area (Å²) in [6, 6.07) is 30.9. The number of aryl methyl sites for hydroxylation is 2. The van der Waals surface area contributed by atoms with Crippen LogP contribution in [-0.4, -0.2) is 9.38 Å². The molecule has 0 saturated heterocycles. The molecular formula is C45H38N2O2. The van der Waals surface area contributed by atoms with E-state index in [1.54, 1.807) is 36.4 Å². The fourth-order valence-corrected chi connectivity index (χ4v) is 7.49. The molecule has 6 aromatic carbocycles. The molecule has 4 heteroatoms. The second-order valence-corrected chi connectivity index (χ2v) is 13.0. The number of imidazole rings is 1. The van der Waals surface area contributed by atoms with E-state index in [1.165, 1.54) is 31.2 Å². The van der Waals surface area contributed by atoms with Gasteiger partial charge in [0.15, 0.2) is 5.58 Å². The van der Waals surface area contributed by atoms with Gasteiger partial charge in [0.25, 0.3) is 0 Å². The molecule has 0 atom stereocenters. The van der Waals surface area contributed by atoms with Crippen LogP contribution >= 0.6 is 0 Å². The van der Waals surface area contributed by atoms with Gasteiger partial charge in [-0.05, 0) is 95.7 Å². The quantitative estimate of drug-likeness (QED) is 0.190. The highest BCUT2D eigenvalue weighted by Gasteiger charge is 2.35. The lowest BCUT2D eigenvalue weighted by molar-refractivity contribution is 0.419. The van der Waals surface area contributed by atoms with Crippen molar-refractivity contribution in [1.82, 2.24) is 9.38 Å². The van der Waals surface area contributed by atoms with Gasteiger partial charge in [0.05, 0.1) is 16.6 Å². The molecule has 49 heavy (non-hydrogen) atoms. The van der Waals surface area contributed by atoms with Crippen LogP contribution < -0.4 is 4.74 Å². The summed E-state index contributed by atoms with van der Waals surface area (Å²) in [5.41, 5.74) is 2.61. The van der Waals surface area contributed by atoms with Gasteiger partial charge >= 0.3 is 5.84 Å². The maximum absolute atomic E-state index is 9.08. The van der Waals surface area contributed by atoms with Gasteiger partial charge in [0.2, 0.25) is 0 Å². The van der Waals surface area contributed by atoms with Crippen molar-refractivity contribution in [2.45, 2.75) is 53.1 Å². The Kier molecular flexibility index (Phi) is 4.37. The monoisotopic (exact) mass is 649 g/mol. The number of benzene rings is 6. The largest absolute Gasteiger partial charge is 0.456 e. The average molecular weight is 650 g/mol. The molecule has 1 aliphatic rings. The van der Waals surface area contributed by atoms with E-state index in [9.17, 15) is 0 Å². The molecule has 0 spiro atoms. The second kappa shape index (κ2) is 10.7. The van der Waals surface area contributed by atoms with Gasteiger partial charge in [-0.1, -0.05) is 106 Å². The zero-order valence-corrected chi connectivity index (χ0v) is 27.1. The molecule has 0 unspecified atom stereocenters. The molecule has 4 nitrogen and oxygen atoms in total. The molecular weight excluding hydrogens is 601 g/mol. The highest BCUT2D eigenvalue weighted by Crippen LogP contribution is 2.52. The smallest absolute Gasteiger partial charge is 0.307 e. The van der Waals surface area contributed by atoms with Crippen LogP contribution in [0.4, 0.5) is 0 Å². The van der Waals surface area contributed by atoms with Gasteiger partial charge in [-0.2, -0.15) is 4.98 Å². The molecule has 8 aromatic rings. The van der Waals surface area contributed by atoms with Crippen molar-refractivity contribution in [3.05, 3.63) is 143 Å². The van der Waals surface area contributed by atoms with Gasteiger partial charge < -0.3 is 9.15 Å². The number of para-hydroxylation sites is 5. The fraction of sp³-hybridized carbons (Fsp3) is 0.178.